The van der Waals surface area contributed by atoms with Crippen molar-refractivity contribution in [2.45, 2.75) is 26.8 Å². The van der Waals surface area contributed by atoms with Gasteiger partial charge in [0, 0.05) is 35.8 Å². The number of anilines is 2. The summed E-state index contributed by atoms with van der Waals surface area (Å²) in [7, 11) is 0. The predicted octanol–water partition coefficient (Wildman–Crippen LogP) is 5.67. The Balaban J connectivity index is 1.47. The zero-order valence-corrected chi connectivity index (χ0v) is 19.1. The number of carbonyl (C=O) groups excluding carboxylic acids is 1. The van der Waals surface area contributed by atoms with Crippen LogP contribution < -0.4 is 21.1 Å². The summed E-state index contributed by atoms with van der Waals surface area (Å²) in [5.74, 6) is 0.835. The lowest BCUT2D eigenvalue weighted by Gasteiger charge is -2.11. The summed E-state index contributed by atoms with van der Waals surface area (Å²) < 4.78 is 7.87. The quantitative estimate of drug-likeness (QED) is 0.329. The van der Waals surface area contributed by atoms with Crippen molar-refractivity contribution in [3.63, 3.8) is 0 Å². The molecule has 2 amide bonds. The van der Waals surface area contributed by atoms with Crippen LogP contribution in [0.2, 0.25) is 0 Å². The molecule has 1 aromatic heterocycles. The van der Waals surface area contributed by atoms with Crippen molar-refractivity contribution < 1.29 is 9.53 Å². The second kappa shape index (κ2) is 10.1. The first-order chi connectivity index (χ1) is 16.1. The number of nitrogens with zero attached hydrogens (tertiary/aromatic N) is 1. The second-order valence-electron chi connectivity index (χ2n) is 7.81. The van der Waals surface area contributed by atoms with Crippen LogP contribution in [0.5, 0.6) is 5.75 Å². The minimum Gasteiger partial charge on any atom is -0.494 e. The first-order valence-corrected chi connectivity index (χ1v) is 11.3. The van der Waals surface area contributed by atoms with Crippen molar-refractivity contribution in [1.29, 1.82) is 0 Å². The third-order valence-corrected chi connectivity index (χ3v) is 5.66. The van der Waals surface area contributed by atoms with E-state index in [9.17, 15) is 4.79 Å². The molecule has 0 saturated heterocycles. The highest BCUT2D eigenvalue weighted by Gasteiger charge is 2.16. The molecule has 0 aliphatic rings. The number of rotatable bonds is 8. The van der Waals surface area contributed by atoms with Gasteiger partial charge in [-0.15, -0.1) is 0 Å². The average Bonchev–Trinajstić information content (AvgIpc) is 3.11. The Morgan fingerprint density at radius 3 is 2.45 bits per heavy atom. The van der Waals surface area contributed by atoms with Gasteiger partial charge in [-0.25, -0.2) is 4.79 Å². The number of aromatic nitrogens is 1. The van der Waals surface area contributed by atoms with Gasteiger partial charge >= 0.3 is 6.03 Å². The van der Waals surface area contributed by atoms with Crippen LogP contribution in [0.25, 0.3) is 22.2 Å². The standard InChI is InChI=1S/C27H30N4O2/c1-3-31-24-18-22(33-4-2)14-15-23(24)25(28)26(31)20-10-12-21(13-11-20)30-27(32)29-17-16-19-8-6-5-7-9-19/h5-15,18H,3-4,16-17,28H2,1-2H3,(H2,29,30,32). The second-order valence-corrected chi connectivity index (χ2v) is 7.81. The third kappa shape index (κ3) is 4.95. The van der Waals surface area contributed by atoms with Gasteiger partial charge in [0.2, 0.25) is 0 Å². The van der Waals surface area contributed by atoms with Gasteiger partial charge in [0.15, 0.2) is 0 Å². The molecule has 3 aromatic carbocycles. The molecule has 0 fully saturated rings. The van der Waals surface area contributed by atoms with E-state index in [2.05, 4.69) is 34.3 Å². The van der Waals surface area contributed by atoms with Crippen LogP contribution in [0, 0.1) is 0 Å². The molecule has 0 saturated carbocycles. The van der Waals surface area contributed by atoms with E-state index in [-0.39, 0.29) is 6.03 Å². The SMILES string of the molecule is CCOc1ccc2c(N)c(-c3ccc(NC(=O)NCCc4ccccc4)cc3)n(CC)c2c1. The number of benzene rings is 3. The van der Waals surface area contributed by atoms with Crippen molar-refractivity contribution in [3.8, 4) is 17.0 Å². The summed E-state index contributed by atoms with van der Waals surface area (Å²) in [6, 6.07) is 23.6. The molecule has 0 aliphatic heterocycles. The summed E-state index contributed by atoms with van der Waals surface area (Å²) in [4.78, 5) is 12.3. The lowest BCUT2D eigenvalue weighted by atomic mass is 10.1. The summed E-state index contributed by atoms with van der Waals surface area (Å²) in [5.41, 5.74) is 12.2. The Kier molecular flexibility index (Phi) is 6.83. The molecule has 170 valence electrons. The summed E-state index contributed by atoms with van der Waals surface area (Å²) >= 11 is 0. The molecule has 4 rings (SSSR count). The Labute approximate surface area is 194 Å². The minimum atomic E-state index is -0.218. The molecule has 0 bridgehead atoms. The fourth-order valence-corrected chi connectivity index (χ4v) is 4.10. The number of carbonyl (C=O) groups is 1. The third-order valence-electron chi connectivity index (χ3n) is 5.66. The van der Waals surface area contributed by atoms with E-state index in [0.717, 1.165) is 52.3 Å². The van der Waals surface area contributed by atoms with Crippen LogP contribution in [0.3, 0.4) is 0 Å². The number of nitrogen functional groups attached to an aromatic ring is 1. The first-order valence-electron chi connectivity index (χ1n) is 11.3. The van der Waals surface area contributed by atoms with E-state index in [4.69, 9.17) is 10.5 Å². The number of urea groups is 1. The number of aryl methyl sites for hydroxylation is 1. The number of fused-ring (bicyclic) bond motifs is 1. The van der Waals surface area contributed by atoms with Gasteiger partial charge in [-0.1, -0.05) is 42.5 Å². The van der Waals surface area contributed by atoms with Crippen LogP contribution in [0.4, 0.5) is 16.2 Å². The predicted molar refractivity (Wildman–Crippen MR) is 136 cm³/mol. The molecule has 4 aromatic rings. The molecular formula is C27H30N4O2. The van der Waals surface area contributed by atoms with Crippen molar-refractivity contribution >= 4 is 28.3 Å². The van der Waals surface area contributed by atoms with E-state index in [1.54, 1.807) is 0 Å². The van der Waals surface area contributed by atoms with Crippen LogP contribution in [0.1, 0.15) is 19.4 Å². The molecule has 0 unspecified atom stereocenters. The number of hydrogen-bond acceptors (Lipinski definition) is 3. The van der Waals surface area contributed by atoms with E-state index in [0.29, 0.717) is 13.2 Å². The highest BCUT2D eigenvalue weighted by Crippen LogP contribution is 2.38. The molecule has 4 N–H and O–H groups in total. The Morgan fingerprint density at radius 1 is 1.00 bits per heavy atom. The molecule has 33 heavy (non-hydrogen) atoms. The molecule has 0 spiro atoms. The summed E-state index contributed by atoms with van der Waals surface area (Å²) in [5, 5.41) is 6.80. The van der Waals surface area contributed by atoms with Crippen molar-refractivity contribution in [3.05, 3.63) is 78.4 Å². The minimum absolute atomic E-state index is 0.218. The van der Waals surface area contributed by atoms with Gasteiger partial charge in [-0.05, 0) is 50.1 Å². The maximum absolute atomic E-state index is 12.3. The number of nitrogens with two attached hydrogens (primary N) is 1. The zero-order valence-electron chi connectivity index (χ0n) is 19.1. The Bertz CT molecular complexity index is 1230. The number of amides is 2. The normalized spacial score (nSPS) is 10.8. The van der Waals surface area contributed by atoms with Crippen LogP contribution in [0.15, 0.2) is 72.8 Å². The number of hydrogen-bond donors (Lipinski definition) is 3. The summed E-state index contributed by atoms with van der Waals surface area (Å²) in [6.07, 6.45) is 0.791. The number of ether oxygens (including phenoxy) is 1. The molecule has 6 heteroatoms. The van der Waals surface area contributed by atoms with Crippen molar-refractivity contribution in [2.75, 3.05) is 24.2 Å². The van der Waals surface area contributed by atoms with Crippen LogP contribution in [-0.4, -0.2) is 23.7 Å². The lowest BCUT2D eigenvalue weighted by molar-refractivity contribution is 0.252. The van der Waals surface area contributed by atoms with Crippen LogP contribution in [-0.2, 0) is 13.0 Å². The maximum Gasteiger partial charge on any atom is 0.319 e. The highest BCUT2D eigenvalue weighted by atomic mass is 16.5. The molecule has 1 heterocycles. The maximum atomic E-state index is 12.3. The highest BCUT2D eigenvalue weighted by molar-refractivity contribution is 6.01. The fraction of sp³-hybridized carbons (Fsp3) is 0.222. The van der Waals surface area contributed by atoms with Gasteiger partial charge in [0.1, 0.15) is 5.75 Å². The fourth-order valence-electron chi connectivity index (χ4n) is 4.10. The lowest BCUT2D eigenvalue weighted by Crippen LogP contribution is -2.30. The molecule has 6 nitrogen and oxygen atoms in total. The largest absolute Gasteiger partial charge is 0.494 e. The molecule has 0 atom stereocenters. The average molecular weight is 443 g/mol. The van der Waals surface area contributed by atoms with Crippen molar-refractivity contribution in [1.82, 2.24) is 9.88 Å². The Hall–Kier alpha value is -3.93. The molecular weight excluding hydrogens is 412 g/mol. The van der Waals surface area contributed by atoms with E-state index < -0.39 is 0 Å². The zero-order chi connectivity index (χ0) is 23.2. The van der Waals surface area contributed by atoms with Crippen molar-refractivity contribution in [2.24, 2.45) is 0 Å². The van der Waals surface area contributed by atoms with Crippen LogP contribution >= 0.6 is 0 Å². The van der Waals surface area contributed by atoms with E-state index in [1.165, 1.54) is 5.56 Å². The molecule has 0 radical (unpaired) electrons. The molecule has 0 aliphatic carbocycles. The van der Waals surface area contributed by atoms with E-state index >= 15 is 0 Å². The van der Waals surface area contributed by atoms with Gasteiger partial charge in [0.05, 0.1) is 23.5 Å². The van der Waals surface area contributed by atoms with Gasteiger partial charge < -0.3 is 25.7 Å². The van der Waals surface area contributed by atoms with Gasteiger partial charge in [-0.3, -0.25) is 0 Å². The monoisotopic (exact) mass is 442 g/mol. The number of nitrogens with one attached hydrogen (secondary N) is 2. The topological polar surface area (TPSA) is 81.3 Å². The summed E-state index contributed by atoms with van der Waals surface area (Å²) in [6.45, 7) is 6.05. The Morgan fingerprint density at radius 2 is 1.76 bits per heavy atom. The first kappa shape index (κ1) is 22.3. The smallest absolute Gasteiger partial charge is 0.319 e. The van der Waals surface area contributed by atoms with Gasteiger partial charge in [0.25, 0.3) is 0 Å². The van der Waals surface area contributed by atoms with Gasteiger partial charge in [-0.2, -0.15) is 0 Å². The van der Waals surface area contributed by atoms with E-state index in [1.807, 2.05) is 67.6 Å².